The lowest BCUT2D eigenvalue weighted by Crippen LogP contribution is -2.54. The molecule has 17 heavy (non-hydrogen) atoms. The molecule has 2 rings (SSSR count). The summed E-state index contributed by atoms with van der Waals surface area (Å²) >= 11 is 0. The van der Waals surface area contributed by atoms with Gasteiger partial charge in [-0.15, -0.1) is 0 Å². The van der Waals surface area contributed by atoms with Crippen molar-refractivity contribution in [3.05, 3.63) is 0 Å². The number of hydrogen-bond donors (Lipinski definition) is 1. The molecule has 1 saturated heterocycles. The lowest BCUT2D eigenvalue weighted by atomic mass is 9.85. The summed E-state index contributed by atoms with van der Waals surface area (Å²) in [6.45, 7) is 2.21. The molecule has 2 fully saturated rings. The molecule has 1 heterocycles. The van der Waals surface area contributed by atoms with Crippen LogP contribution in [0.2, 0.25) is 0 Å². The molecule has 0 radical (unpaired) electrons. The second kappa shape index (κ2) is 5.83. The summed E-state index contributed by atoms with van der Waals surface area (Å²) in [5.41, 5.74) is 0. The van der Waals surface area contributed by atoms with E-state index >= 15 is 0 Å². The third-order valence-electron chi connectivity index (χ3n) is 4.25. The van der Waals surface area contributed by atoms with E-state index < -0.39 is 0 Å². The minimum absolute atomic E-state index is 0.0692. The van der Waals surface area contributed by atoms with Gasteiger partial charge >= 0.3 is 5.97 Å². The third kappa shape index (κ3) is 3.19. The van der Waals surface area contributed by atoms with Crippen molar-refractivity contribution in [3.63, 3.8) is 0 Å². The van der Waals surface area contributed by atoms with Crippen LogP contribution in [0.3, 0.4) is 0 Å². The van der Waals surface area contributed by atoms with Crippen LogP contribution in [0.5, 0.6) is 0 Å². The number of nitrogens with one attached hydrogen (secondary N) is 1. The van der Waals surface area contributed by atoms with Gasteiger partial charge in [0.05, 0.1) is 7.11 Å². The molecule has 0 aromatic heterocycles. The molecule has 0 aromatic carbocycles. The Labute approximate surface area is 104 Å². The van der Waals surface area contributed by atoms with Crippen molar-refractivity contribution >= 4 is 5.97 Å². The highest BCUT2D eigenvalue weighted by molar-refractivity contribution is 5.69. The molecule has 1 aliphatic heterocycles. The quantitative estimate of drug-likeness (QED) is 0.745. The van der Waals surface area contributed by atoms with Crippen LogP contribution in [0.1, 0.15) is 32.1 Å². The maximum atomic E-state index is 11.4. The molecule has 0 bridgehead atoms. The molecule has 1 N–H and O–H groups in total. The number of carbonyl (C=O) groups excluding carboxylic acids is 1. The Bertz CT molecular complexity index is 266. The number of piperidine rings is 1. The Kier molecular flexibility index (Phi) is 4.40. The average molecular weight is 240 g/mol. The van der Waals surface area contributed by atoms with E-state index in [2.05, 4.69) is 10.2 Å². The molecule has 1 aliphatic carbocycles. The number of esters is 1. The van der Waals surface area contributed by atoms with Crippen LogP contribution in [0.25, 0.3) is 0 Å². The fourth-order valence-corrected chi connectivity index (χ4v) is 2.97. The van der Waals surface area contributed by atoms with Gasteiger partial charge < -0.3 is 10.1 Å². The van der Waals surface area contributed by atoms with Crippen LogP contribution >= 0.6 is 0 Å². The Hall–Kier alpha value is -0.610. The first kappa shape index (κ1) is 12.8. The second-order valence-corrected chi connectivity index (χ2v) is 5.41. The monoisotopic (exact) mass is 240 g/mol. The van der Waals surface area contributed by atoms with E-state index in [-0.39, 0.29) is 5.97 Å². The summed E-state index contributed by atoms with van der Waals surface area (Å²) in [5, 5.41) is 3.36. The van der Waals surface area contributed by atoms with Crippen molar-refractivity contribution in [1.29, 1.82) is 0 Å². The van der Waals surface area contributed by atoms with Gasteiger partial charge in [0.15, 0.2) is 0 Å². The minimum atomic E-state index is -0.0692. The summed E-state index contributed by atoms with van der Waals surface area (Å²) in [7, 11) is 3.49. The van der Waals surface area contributed by atoms with Crippen molar-refractivity contribution in [1.82, 2.24) is 10.2 Å². The van der Waals surface area contributed by atoms with E-state index in [0.29, 0.717) is 18.4 Å². The third-order valence-corrected chi connectivity index (χ3v) is 4.25. The standard InChI is InChI=1S/C13H24N2O2/c1-14-11-6-10(7-13(16)17-2)8-15(9-11)12-4-3-5-12/h10-12,14H,3-9H2,1-2H3. The van der Waals surface area contributed by atoms with Crippen LogP contribution in [-0.2, 0) is 9.53 Å². The fraction of sp³-hybridized carbons (Fsp3) is 0.923. The van der Waals surface area contributed by atoms with Crippen LogP contribution in [0.15, 0.2) is 0 Å². The molecule has 0 aromatic rings. The van der Waals surface area contributed by atoms with Crippen molar-refractivity contribution < 1.29 is 9.53 Å². The van der Waals surface area contributed by atoms with Gasteiger partial charge in [0.25, 0.3) is 0 Å². The van der Waals surface area contributed by atoms with E-state index in [1.165, 1.54) is 26.4 Å². The first-order chi connectivity index (χ1) is 8.22. The Morgan fingerprint density at radius 1 is 1.41 bits per heavy atom. The Balaban J connectivity index is 1.89. The van der Waals surface area contributed by atoms with Gasteiger partial charge in [0.2, 0.25) is 0 Å². The number of rotatable bonds is 4. The predicted molar refractivity (Wildman–Crippen MR) is 66.8 cm³/mol. The van der Waals surface area contributed by atoms with Crippen LogP contribution in [0, 0.1) is 5.92 Å². The van der Waals surface area contributed by atoms with Crippen molar-refractivity contribution in [2.24, 2.45) is 5.92 Å². The molecule has 4 heteroatoms. The number of methoxy groups -OCH3 is 1. The molecule has 2 atom stereocenters. The lowest BCUT2D eigenvalue weighted by molar-refractivity contribution is -0.142. The predicted octanol–water partition coefficient (Wildman–Crippen LogP) is 1.01. The Morgan fingerprint density at radius 3 is 2.71 bits per heavy atom. The number of likely N-dealkylation sites (tertiary alicyclic amines) is 1. The summed E-state index contributed by atoms with van der Waals surface area (Å²) < 4.78 is 4.78. The highest BCUT2D eigenvalue weighted by Gasteiger charge is 2.33. The van der Waals surface area contributed by atoms with Crippen molar-refractivity contribution in [2.75, 3.05) is 27.2 Å². The smallest absolute Gasteiger partial charge is 0.305 e. The van der Waals surface area contributed by atoms with Crippen LogP contribution < -0.4 is 5.32 Å². The highest BCUT2D eigenvalue weighted by atomic mass is 16.5. The van der Waals surface area contributed by atoms with E-state index in [1.807, 2.05) is 7.05 Å². The van der Waals surface area contributed by atoms with Crippen molar-refractivity contribution in [2.45, 2.75) is 44.2 Å². The van der Waals surface area contributed by atoms with E-state index in [9.17, 15) is 4.79 Å². The normalized spacial score (nSPS) is 30.9. The molecule has 1 saturated carbocycles. The van der Waals surface area contributed by atoms with E-state index in [4.69, 9.17) is 4.74 Å². The average Bonchev–Trinajstić information content (AvgIpc) is 2.26. The summed E-state index contributed by atoms with van der Waals surface area (Å²) in [6.07, 6.45) is 5.70. The fourth-order valence-electron chi connectivity index (χ4n) is 2.97. The summed E-state index contributed by atoms with van der Waals surface area (Å²) in [4.78, 5) is 13.9. The zero-order valence-electron chi connectivity index (χ0n) is 10.9. The van der Waals surface area contributed by atoms with Crippen LogP contribution in [-0.4, -0.2) is 50.2 Å². The van der Waals surface area contributed by atoms with Gasteiger partial charge in [0.1, 0.15) is 0 Å². The van der Waals surface area contributed by atoms with E-state index in [1.54, 1.807) is 0 Å². The maximum Gasteiger partial charge on any atom is 0.305 e. The molecule has 2 aliphatic rings. The first-order valence-electron chi connectivity index (χ1n) is 6.71. The number of carbonyl (C=O) groups is 1. The number of hydrogen-bond acceptors (Lipinski definition) is 4. The van der Waals surface area contributed by atoms with Gasteiger partial charge in [-0.3, -0.25) is 9.69 Å². The SMILES string of the molecule is CNC1CC(CC(=O)OC)CN(C2CCC2)C1. The summed E-state index contributed by atoms with van der Waals surface area (Å²) in [5.74, 6) is 0.384. The zero-order chi connectivity index (χ0) is 12.3. The largest absolute Gasteiger partial charge is 0.469 e. The van der Waals surface area contributed by atoms with Gasteiger partial charge in [-0.1, -0.05) is 6.42 Å². The number of nitrogens with zero attached hydrogens (tertiary/aromatic N) is 1. The minimum Gasteiger partial charge on any atom is -0.469 e. The van der Waals surface area contributed by atoms with E-state index in [0.717, 1.165) is 25.6 Å². The summed E-state index contributed by atoms with van der Waals surface area (Å²) in [6, 6.07) is 1.30. The topological polar surface area (TPSA) is 41.6 Å². The Morgan fingerprint density at radius 2 is 2.18 bits per heavy atom. The second-order valence-electron chi connectivity index (χ2n) is 5.41. The van der Waals surface area contributed by atoms with Gasteiger partial charge in [-0.05, 0) is 32.2 Å². The van der Waals surface area contributed by atoms with Gasteiger partial charge in [-0.25, -0.2) is 0 Å². The lowest BCUT2D eigenvalue weighted by Gasteiger charge is -2.45. The highest BCUT2D eigenvalue weighted by Crippen LogP contribution is 2.30. The molecular formula is C13H24N2O2. The first-order valence-corrected chi connectivity index (χ1v) is 6.71. The molecule has 4 nitrogen and oxygen atoms in total. The molecule has 0 spiro atoms. The van der Waals surface area contributed by atoms with Crippen molar-refractivity contribution in [3.8, 4) is 0 Å². The van der Waals surface area contributed by atoms with Crippen LogP contribution in [0.4, 0.5) is 0 Å². The zero-order valence-corrected chi connectivity index (χ0v) is 10.9. The maximum absolute atomic E-state index is 11.4. The number of ether oxygens (including phenoxy) is 1. The number of likely N-dealkylation sites (N-methyl/N-ethyl adjacent to an activating group) is 1. The molecule has 0 amide bonds. The molecule has 2 unspecified atom stereocenters. The van der Waals surface area contributed by atoms with Gasteiger partial charge in [-0.2, -0.15) is 0 Å². The molecular weight excluding hydrogens is 216 g/mol. The van der Waals surface area contributed by atoms with Gasteiger partial charge in [0, 0.05) is 31.6 Å². The molecule has 98 valence electrons.